The SMILES string of the molecule is CCCCCCCCOc1c(O)c2cc(OCCCCO)ccc2oc1=O. The van der Waals surface area contributed by atoms with Crippen molar-refractivity contribution in [3.63, 3.8) is 0 Å². The lowest BCUT2D eigenvalue weighted by Gasteiger charge is -2.10. The van der Waals surface area contributed by atoms with Crippen LogP contribution in [0, 0.1) is 0 Å². The zero-order chi connectivity index (χ0) is 19.5. The molecule has 0 amide bonds. The summed E-state index contributed by atoms with van der Waals surface area (Å²) in [6.07, 6.45) is 8.06. The maximum Gasteiger partial charge on any atom is 0.383 e. The molecule has 0 aliphatic carbocycles. The minimum absolute atomic E-state index is 0.131. The second kappa shape index (κ2) is 11.5. The molecule has 0 unspecified atom stereocenters. The normalized spacial score (nSPS) is 11.0. The highest BCUT2D eigenvalue weighted by Crippen LogP contribution is 2.33. The smallest absolute Gasteiger partial charge is 0.383 e. The maximum atomic E-state index is 12.1. The minimum atomic E-state index is -0.678. The molecule has 2 aromatic rings. The average molecular weight is 378 g/mol. The lowest BCUT2D eigenvalue weighted by Crippen LogP contribution is -2.08. The van der Waals surface area contributed by atoms with Gasteiger partial charge in [-0.15, -0.1) is 0 Å². The van der Waals surface area contributed by atoms with Gasteiger partial charge < -0.3 is 24.1 Å². The van der Waals surface area contributed by atoms with E-state index < -0.39 is 5.63 Å². The van der Waals surface area contributed by atoms with Crippen LogP contribution >= 0.6 is 0 Å². The number of rotatable bonds is 13. The summed E-state index contributed by atoms with van der Waals surface area (Å²) in [5.41, 5.74) is -0.394. The van der Waals surface area contributed by atoms with Gasteiger partial charge >= 0.3 is 5.63 Å². The van der Waals surface area contributed by atoms with Crippen LogP contribution in [0.15, 0.2) is 27.4 Å². The molecule has 1 aromatic carbocycles. The van der Waals surface area contributed by atoms with Crippen molar-refractivity contribution in [3.05, 3.63) is 28.6 Å². The Bertz CT molecular complexity index is 752. The first-order valence-corrected chi connectivity index (χ1v) is 9.83. The number of hydrogen-bond acceptors (Lipinski definition) is 6. The first-order valence-electron chi connectivity index (χ1n) is 9.83. The molecule has 2 rings (SSSR count). The highest BCUT2D eigenvalue weighted by Gasteiger charge is 2.16. The summed E-state index contributed by atoms with van der Waals surface area (Å²) in [4.78, 5) is 12.1. The molecule has 1 heterocycles. The number of benzene rings is 1. The average Bonchev–Trinajstić information content (AvgIpc) is 2.67. The largest absolute Gasteiger partial charge is 0.504 e. The van der Waals surface area contributed by atoms with Gasteiger partial charge in [-0.1, -0.05) is 39.0 Å². The molecule has 27 heavy (non-hydrogen) atoms. The van der Waals surface area contributed by atoms with Crippen molar-refractivity contribution in [1.82, 2.24) is 0 Å². The highest BCUT2D eigenvalue weighted by atomic mass is 16.5. The monoisotopic (exact) mass is 378 g/mol. The van der Waals surface area contributed by atoms with Crippen molar-refractivity contribution in [2.24, 2.45) is 0 Å². The van der Waals surface area contributed by atoms with Gasteiger partial charge in [0.25, 0.3) is 0 Å². The summed E-state index contributed by atoms with van der Waals surface area (Å²) < 4.78 is 16.4. The third-order valence-electron chi connectivity index (χ3n) is 4.37. The van der Waals surface area contributed by atoms with Gasteiger partial charge in [-0.3, -0.25) is 0 Å². The third-order valence-corrected chi connectivity index (χ3v) is 4.37. The maximum absolute atomic E-state index is 12.1. The predicted octanol–water partition coefficient (Wildman–Crippen LogP) is 4.39. The lowest BCUT2D eigenvalue weighted by molar-refractivity contribution is 0.253. The zero-order valence-electron chi connectivity index (χ0n) is 16.0. The van der Waals surface area contributed by atoms with Crippen LogP contribution in [0.5, 0.6) is 17.2 Å². The lowest BCUT2D eigenvalue weighted by atomic mass is 10.1. The Morgan fingerprint density at radius 3 is 2.44 bits per heavy atom. The van der Waals surface area contributed by atoms with E-state index in [2.05, 4.69) is 6.92 Å². The first kappa shape index (κ1) is 21.1. The van der Waals surface area contributed by atoms with Crippen molar-refractivity contribution in [3.8, 4) is 17.2 Å². The molecule has 2 N–H and O–H groups in total. The van der Waals surface area contributed by atoms with E-state index in [1.54, 1.807) is 18.2 Å². The summed E-state index contributed by atoms with van der Waals surface area (Å²) in [6, 6.07) is 4.90. The van der Waals surface area contributed by atoms with Crippen molar-refractivity contribution >= 4 is 11.0 Å². The molecule has 0 bridgehead atoms. The fourth-order valence-corrected chi connectivity index (χ4v) is 2.83. The molecule has 0 spiro atoms. The Hall–Kier alpha value is -2.21. The van der Waals surface area contributed by atoms with Crippen LogP contribution in [0.2, 0.25) is 0 Å². The van der Waals surface area contributed by atoms with Gasteiger partial charge in [-0.05, 0) is 37.5 Å². The van der Waals surface area contributed by atoms with Crippen LogP contribution in [0.3, 0.4) is 0 Å². The topological polar surface area (TPSA) is 89.1 Å². The van der Waals surface area contributed by atoms with E-state index in [0.29, 0.717) is 30.8 Å². The summed E-state index contributed by atoms with van der Waals surface area (Å²) in [5, 5.41) is 19.6. The summed E-state index contributed by atoms with van der Waals surface area (Å²) in [7, 11) is 0. The molecule has 0 atom stereocenters. The van der Waals surface area contributed by atoms with E-state index in [1.165, 1.54) is 19.3 Å². The molecule has 0 aliphatic heterocycles. The van der Waals surface area contributed by atoms with Gasteiger partial charge in [0, 0.05) is 6.61 Å². The van der Waals surface area contributed by atoms with Gasteiger partial charge in [-0.25, -0.2) is 4.79 Å². The number of aliphatic hydroxyl groups excluding tert-OH is 1. The molecule has 0 radical (unpaired) electrons. The van der Waals surface area contributed by atoms with Gasteiger partial charge in [0.15, 0.2) is 5.75 Å². The van der Waals surface area contributed by atoms with E-state index in [1.807, 2.05) is 0 Å². The summed E-state index contributed by atoms with van der Waals surface area (Å²) in [5.74, 6) is 0.202. The number of aromatic hydroxyl groups is 1. The van der Waals surface area contributed by atoms with Gasteiger partial charge in [0.05, 0.1) is 18.6 Å². The molecular formula is C21H30O6. The number of aliphatic hydroxyl groups is 1. The van der Waals surface area contributed by atoms with Crippen LogP contribution in [-0.2, 0) is 0 Å². The molecule has 0 saturated heterocycles. The Morgan fingerprint density at radius 2 is 1.67 bits per heavy atom. The second-order valence-electron chi connectivity index (χ2n) is 6.62. The van der Waals surface area contributed by atoms with E-state index in [4.69, 9.17) is 19.0 Å². The van der Waals surface area contributed by atoms with Crippen LogP contribution in [-0.4, -0.2) is 30.0 Å². The summed E-state index contributed by atoms with van der Waals surface area (Å²) >= 11 is 0. The van der Waals surface area contributed by atoms with Crippen LogP contribution in [0.1, 0.15) is 58.3 Å². The van der Waals surface area contributed by atoms with E-state index in [-0.39, 0.29) is 23.7 Å². The molecule has 6 nitrogen and oxygen atoms in total. The number of ether oxygens (including phenoxy) is 2. The Labute approximate surface area is 159 Å². The molecule has 1 aromatic heterocycles. The summed E-state index contributed by atoms with van der Waals surface area (Å²) in [6.45, 7) is 3.14. The molecule has 6 heteroatoms. The molecular weight excluding hydrogens is 348 g/mol. The second-order valence-corrected chi connectivity index (χ2v) is 6.62. The Morgan fingerprint density at radius 1 is 0.963 bits per heavy atom. The molecule has 0 fully saturated rings. The van der Waals surface area contributed by atoms with E-state index in [9.17, 15) is 9.90 Å². The quantitative estimate of drug-likeness (QED) is 0.397. The van der Waals surface area contributed by atoms with Crippen LogP contribution in [0.4, 0.5) is 0 Å². The Balaban J connectivity index is 2.00. The van der Waals surface area contributed by atoms with Gasteiger partial charge in [0.1, 0.15) is 11.3 Å². The zero-order valence-corrected chi connectivity index (χ0v) is 16.0. The standard InChI is InChI=1S/C21H30O6/c1-2-3-4-5-6-8-14-26-20-19(23)17-15-16(25-13-9-7-12-22)10-11-18(17)27-21(20)24/h10-11,15,22-23H,2-9,12-14H2,1H3. The van der Waals surface area contributed by atoms with E-state index >= 15 is 0 Å². The van der Waals surface area contributed by atoms with Gasteiger partial charge in [-0.2, -0.15) is 0 Å². The van der Waals surface area contributed by atoms with Crippen molar-refractivity contribution in [1.29, 1.82) is 0 Å². The van der Waals surface area contributed by atoms with Crippen molar-refractivity contribution < 1.29 is 24.1 Å². The van der Waals surface area contributed by atoms with Crippen LogP contribution in [0.25, 0.3) is 11.0 Å². The molecule has 0 saturated carbocycles. The minimum Gasteiger partial charge on any atom is -0.504 e. The van der Waals surface area contributed by atoms with Gasteiger partial charge in [0.2, 0.25) is 5.75 Å². The number of hydrogen-bond donors (Lipinski definition) is 2. The first-order chi connectivity index (χ1) is 13.2. The van der Waals surface area contributed by atoms with E-state index in [0.717, 1.165) is 25.7 Å². The molecule has 150 valence electrons. The predicted molar refractivity (Wildman–Crippen MR) is 105 cm³/mol. The number of fused-ring (bicyclic) bond motifs is 1. The van der Waals surface area contributed by atoms with Crippen LogP contribution < -0.4 is 15.1 Å². The third kappa shape index (κ3) is 6.47. The highest BCUT2D eigenvalue weighted by molar-refractivity contribution is 5.86. The molecule has 0 aliphatic rings. The van der Waals surface area contributed by atoms with Crippen molar-refractivity contribution in [2.45, 2.75) is 58.3 Å². The Kier molecular flexibility index (Phi) is 8.98. The van der Waals surface area contributed by atoms with Crippen molar-refractivity contribution in [2.75, 3.05) is 19.8 Å². The number of unbranched alkanes of at least 4 members (excludes halogenated alkanes) is 6. The fraction of sp³-hybridized carbons (Fsp3) is 0.571. The fourth-order valence-electron chi connectivity index (χ4n) is 2.83.